The van der Waals surface area contributed by atoms with E-state index in [1.807, 2.05) is 48.6 Å². The van der Waals surface area contributed by atoms with Crippen molar-refractivity contribution in [3.63, 3.8) is 0 Å². The van der Waals surface area contributed by atoms with Gasteiger partial charge in [0.2, 0.25) is 0 Å². The van der Waals surface area contributed by atoms with Crippen LogP contribution in [0.1, 0.15) is 11.1 Å². The SMILES string of the molecule is COc1ccc(/C=C/COCc2ccccc2)cc1OC. The lowest BCUT2D eigenvalue weighted by Crippen LogP contribution is -1.92. The number of hydrogen-bond donors (Lipinski definition) is 0. The number of hydrogen-bond acceptors (Lipinski definition) is 3. The Labute approximate surface area is 125 Å². The molecule has 0 aromatic heterocycles. The fraction of sp³-hybridized carbons (Fsp3) is 0.222. The Balaban J connectivity index is 1.84. The first-order valence-corrected chi connectivity index (χ1v) is 6.83. The normalized spacial score (nSPS) is 10.8. The molecule has 2 rings (SSSR count). The Morgan fingerprint density at radius 1 is 0.905 bits per heavy atom. The van der Waals surface area contributed by atoms with Crippen LogP contribution in [0, 0.1) is 0 Å². The molecule has 0 bridgehead atoms. The third-order valence-corrected chi connectivity index (χ3v) is 3.04. The maximum Gasteiger partial charge on any atom is 0.161 e. The molecule has 0 fully saturated rings. The van der Waals surface area contributed by atoms with Crippen LogP contribution in [0.5, 0.6) is 11.5 Å². The molecule has 3 heteroatoms. The Morgan fingerprint density at radius 2 is 1.67 bits per heavy atom. The van der Waals surface area contributed by atoms with Gasteiger partial charge in [0, 0.05) is 0 Å². The molecule has 2 aromatic rings. The summed E-state index contributed by atoms with van der Waals surface area (Å²) in [5.41, 5.74) is 2.23. The molecule has 2 aromatic carbocycles. The van der Waals surface area contributed by atoms with Gasteiger partial charge in [-0.05, 0) is 23.3 Å². The number of rotatable bonds is 7. The predicted octanol–water partition coefficient (Wildman–Crippen LogP) is 3.93. The van der Waals surface area contributed by atoms with E-state index in [1.54, 1.807) is 14.2 Å². The van der Waals surface area contributed by atoms with Crippen molar-refractivity contribution in [3.8, 4) is 11.5 Å². The Hall–Kier alpha value is -2.26. The van der Waals surface area contributed by atoms with Gasteiger partial charge in [0.25, 0.3) is 0 Å². The highest BCUT2D eigenvalue weighted by atomic mass is 16.5. The number of benzene rings is 2. The molecule has 0 N–H and O–H groups in total. The summed E-state index contributed by atoms with van der Waals surface area (Å²) in [4.78, 5) is 0. The van der Waals surface area contributed by atoms with Crippen LogP contribution < -0.4 is 9.47 Å². The van der Waals surface area contributed by atoms with E-state index in [0.717, 1.165) is 17.1 Å². The second-order valence-electron chi connectivity index (χ2n) is 4.52. The van der Waals surface area contributed by atoms with E-state index >= 15 is 0 Å². The van der Waals surface area contributed by atoms with Crippen LogP contribution in [-0.4, -0.2) is 20.8 Å². The summed E-state index contributed by atoms with van der Waals surface area (Å²) < 4.78 is 16.1. The third-order valence-electron chi connectivity index (χ3n) is 3.04. The van der Waals surface area contributed by atoms with Gasteiger partial charge < -0.3 is 14.2 Å². The fourth-order valence-electron chi connectivity index (χ4n) is 1.96. The van der Waals surface area contributed by atoms with Gasteiger partial charge in [0.05, 0.1) is 27.4 Å². The second kappa shape index (κ2) is 8.12. The maximum atomic E-state index is 5.60. The highest BCUT2D eigenvalue weighted by Gasteiger charge is 2.02. The van der Waals surface area contributed by atoms with Crippen LogP contribution in [0.2, 0.25) is 0 Å². The molecule has 0 radical (unpaired) electrons. The van der Waals surface area contributed by atoms with Gasteiger partial charge in [-0.1, -0.05) is 48.6 Å². The summed E-state index contributed by atoms with van der Waals surface area (Å²) in [5.74, 6) is 1.46. The monoisotopic (exact) mass is 284 g/mol. The fourth-order valence-corrected chi connectivity index (χ4v) is 1.96. The van der Waals surface area contributed by atoms with Crippen LogP contribution in [0.15, 0.2) is 54.6 Å². The van der Waals surface area contributed by atoms with E-state index < -0.39 is 0 Å². The van der Waals surface area contributed by atoms with Crippen molar-refractivity contribution in [2.75, 3.05) is 20.8 Å². The lowest BCUT2D eigenvalue weighted by molar-refractivity contribution is 0.149. The first kappa shape index (κ1) is 15.1. The highest BCUT2D eigenvalue weighted by molar-refractivity contribution is 5.55. The summed E-state index contributed by atoms with van der Waals surface area (Å²) in [6.07, 6.45) is 4.00. The standard InChI is InChI=1S/C18H20O3/c1-19-17-11-10-15(13-18(17)20-2)9-6-12-21-14-16-7-4-3-5-8-16/h3-11,13H,12,14H2,1-2H3/b9-6+. The van der Waals surface area contributed by atoms with E-state index in [-0.39, 0.29) is 0 Å². The predicted molar refractivity (Wildman–Crippen MR) is 84.7 cm³/mol. The van der Waals surface area contributed by atoms with Crippen molar-refractivity contribution in [2.45, 2.75) is 6.61 Å². The zero-order valence-electron chi connectivity index (χ0n) is 12.4. The number of methoxy groups -OCH3 is 2. The molecule has 0 aliphatic carbocycles. The minimum atomic E-state index is 0.573. The second-order valence-corrected chi connectivity index (χ2v) is 4.52. The Kier molecular flexibility index (Phi) is 5.85. The molecule has 0 saturated carbocycles. The van der Waals surface area contributed by atoms with Gasteiger partial charge >= 0.3 is 0 Å². The molecule has 0 spiro atoms. The van der Waals surface area contributed by atoms with Crippen molar-refractivity contribution >= 4 is 6.08 Å². The average Bonchev–Trinajstić information content (AvgIpc) is 2.55. The molecule has 0 aliphatic rings. The van der Waals surface area contributed by atoms with Crippen molar-refractivity contribution in [1.29, 1.82) is 0 Å². The summed E-state index contributed by atoms with van der Waals surface area (Å²) in [6.45, 7) is 1.19. The maximum absolute atomic E-state index is 5.60. The highest BCUT2D eigenvalue weighted by Crippen LogP contribution is 2.27. The van der Waals surface area contributed by atoms with Gasteiger partial charge in [0.1, 0.15) is 0 Å². The quantitative estimate of drug-likeness (QED) is 0.721. The molecular weight excluding hydrogens is 264 g/mol. The van der Waals surface area contributed by atoms with Crippen LogP contribution in [0.25, 0.3) is 6.08 Å². The van der Waals surface area contributed by atoms with E-state index in [2.05, 4.69) is 12.1 Å². The topological polar surface area (TPSA) is 27.7 Å². The van der Waals surface area contributed by atoms with Crippen molar-refractivity contribution in [1.82, 2.24) is 0 Å². The molecule has 0 saturated heterocycles. The molecule has 0 atom stereocenters. The summed E-state index contributed by atoms with van der Waals surface area (Å²) >= 11 is 0. The third kappa shape index (κ3) is 4.65. The first-order chi connectivity index (χ1) is 10.3. The van der Waals surface area contributed by atoms with Crippen molar-refractivity contribution in [2.24, 2.45) is 0 Å². The largest absolute Gasteiger partial charge is 0.493 e. The van der Waals surface area contributed by atoms with E-state index in [4.69, 9.17) is 14.2 Å². The first-order valence-electron chi connectivity index (χ1n) is 6.83. The van der Waals surface area contributed by atoms with Crippen molar-refractivity contribution in [3.05, 3.63) is 65.7 Å². The molecular formula is C18H20O3. The smallest absolute Gasteiger partial charge is 0.161 e. The van der Waals surface area contributed by atoms with Crippen LogP contribution in [0.3, 0.4) is 0 Å². The number of ether oxygens (including phenoxy) is 3. The zero-order chi connectivity index (χ0) is 14.9. The summed E-state index contributed by atoms with van der Waals surface area (Å²) in [6, 6.07) is 15.9. The molecule has 0 aliphatic heterocycles. The van der Waals surface area contributed by atoms with Gasteiger partial charge in [-0.15, -0.1) is 0 Å². The Bertz CT molecular complexity index is 576. The zero-order valence-corrected chi connectivity index (χ0v) is 12.4. The molecule has 0 amide bonds. The van der Waals surface area contributed by atoms with Crippen LogP contribution in [0.4, 0.5) is 0 Å². The molecule has 0 unspecified atom stereocenters. The van der Waals surface area contributed by atoms with Gasteiger partial charge in [-0.2, -0.15) is 0 Å². The summed E-state index contributed by atoms with van der Waals surface area (Å²) in [5, 5.41) is 0. The van der Waals surface area contributed by atoms with Crippen LogP contribution in [-0.2, 0) is 11.3 Å². The van der Waals surface area contributed by atoms with Crippen molar-refractivity contribution < 1.29 is 14.2 Å². The van der Waals surface area contributed by atoms with Gasteiger partial charge in [-0.25, -0.2) is 0 Å². The molecule has 21 heavy (non-hydrogen) atoms. The van der Waals surface area contributed by atoms with E-state index in [0.29, 0.717) is 13.2 Å². The Morgan fingerprint density at radius 3 is 2.38 bits per heavy atom. The van der Waals surface area contributed by atoms with Gasteiger partial charge in [-0.3, -0.25) is 0 Å². The lowest BCUT2D eigenvalue weighted by Gasteiger charge is -2.07. The summed E-state index contributed by atoms with van der Waals surface area (Å²) in [7, 11) is 3.26. The van der Waals surface area contributed by atoms with Crippen LogP contribution >= 0.6 is 0 Å². The molecule has 110 valence electrons. The molecule has 3 nitrogen and oxygen atoms in total. The molecule has 0 heterocycles. The lowest BCUT2D eigenvalue weighted by atomic mass is 10.2. The minimum Gasteiger partial charge on any atom is -0.493 e. The van der Waals surface area contributed by atoms with E-state index in [1.165, 1.54) is 5.56 Å². The van der Waals surface area contributed by atoms with E-state index in [9.17, 15) is 0 Å². The van der Waals surface area contributed by atoms with Gasteiger partial charge in [0.15, 0.2) is 11.5 Å². The average molecular weight is 284 g/mol. The minimum absolute atomic E-state index is 0.573.